The van der Waals surface area contributed by atoms with Gasteiger partial charge in [0.2, 0.25) is 5.82 Å². The molecule has 1 aromatic rings. The van der Waals surface area contributed by atoms with Crippen LogP contribution in [0.1, 0.15) is 109 Å². The van der Waals surface area contributed by atoms with Gasteiger partial charge >= 0.3 is 0 Å². The van der Waals surface area contributed by atoms with E-state index in [9.17, 15) is 8.78 Å². The van der Waals surface area contributed by atoms with Crippen LogP contribution in [0.2, 0.25) is 0 Å². The van der Waals surface area contributed by atoms with Crippen molar-refractivity contribution in [2.24, 2.45) is 23.7 Å². The Labute approximate surface area is 223 Å². The molecule has 1 aliphatic heterocycles. The van der Waals surface area contributed by atoms with Crippen molar-refractivity contribution in [2.45, 2.75) is 110 Å². The van der Waals surface area contributed by atoms with E-state index < -0.39 is 11.6 Å². The SMILES string of the molecule is C/C=C\CCCC1CCC(C2CCC(CCC3CC=C(c4ccc(OCC)c(F)c4F)CC3)OC2)CC1. The van der Waals surface area contributed by atoms with Crippen molar-refractivity contribution >= 4 is 5.57 Å². The molecule has 1 saturated carbocycles. The molecule has 2 nitrogen and oxygen atoms in total. The minimum Gasteiger partial charge on any atom is -0.491 e. The summed E-state index contributed by atoms with van der Waals surface area (Å²) < 4.78 is 40.5. The van der Waals surface area contributed by atoms with E-state index in [0.717, 1.165) is 62.0 Å². The fraction of sp³-hybridized carbons (Fsp3) is 0.697. The Balaban J connectivity index is 1.14. The summed E-state index contributed by atoms with van der Waals surface area (Å²) in [5.41, 5.74) is 1.32. The highest BCUT2D eigenvalue weighted by Gasteiger charge is 2.31. The lowest BCUT2D eigenvalue weighted by molar-refractivity contribution is -0.0443. The van der Waals surface area contributed by atoms with Crippen LogP contribution in [0.3, 0.4) is 0 Å². The van der Waals surface area contributed by atoms with Crippen molar-refractivity contribution in [3.05, 3.63) is 47.6 Å². The van der Waals surface area contributed by atoms with Crippen molar-refractivity contribution < 1.29 is 18.3 Å². The van der Waals surface area contributed by atoms with E-state index in [1.165, 1.54) is 57.8 Å². The van der Waals surface area contributed by atoms with E-state index in [2.05, 4.69) is 25.2 Å². The number of hydrogen-bond donors (Lipinski definition) is 0. The lowest BCUT2D eigenvalue weighted by atomic mass is 9.72. The number of rotatable bonds is 11. The van der Waals surface area contributed by atoms with Crippen molar-refractivity contribution in [2.75, 3.05) is 13.2 Å². The summed E-state index contributed by atoms with van der Waals surface area (Å²) >= 11 is 0. The van der Waals surface area contributed by atoms with E-state index in [0.29, 0.717) is 24.2 Å². The van der Waals surface area contributed by atoms with Crippen molar-refractivity contribution in [1.82, 2.24) is 0 Å². The largest absolute Gasteiger partial charge is 0.491 e. The van der Waals surface area contributed by atoms with Crippen molar-refractivity contribution in [3.63, 3.8) is 0 Å². The van der Waals surface area contributed by atoms with E-state index in [1.54, 1.807) is 19.1 Å². The molecule has 2 aliphatic carbocycles. The van der Waals surface area contributed by atoms with Crippen LogP contribution >= 0.6 is 0 Å². The number of unbranched alkanes of at least 4 members (excludes halogenated alkanes) is 1. The van der Waals surface area contributed by atoms with Gasteiger partial charge in [0.1, 0.15) is 0 Å². The summed E-state index contributed by atoms with van der Waals surface area (Å²) in [5, 5.41) is 0. The summed E-state index contributed by atoms with van der Waals surface area (Å²) in [5.74, 6) is 1.56. The Kier molecular flexibility index (Phi) is 11.1. The van der Waals surface area contributed by atoms with Crippen molar-refractivity contribution in [1.29, 1.82) is 0 Å². The lowest BCUT2D eigenvalue weighted by Gasteiger charge is -2.38. The Morgan fingerprint density at radius 3 is 2.41 bits per heavy atom. The Morgan fingerprint density at radius 2 is 1.73 bits per heavy atom. The second kappa shape index (κ2) is 14.5. The number of ether oxygens (including phenoxy) is 2. The quantitative estimate of drug-likeness (QED) is 0.216. The average Bonchev–Trinajstić information content (AvgIpc) is 2.94. The first-order valence-electron chi connectivity index (χ1n) is 15.1. The lowest BCUT2D eigenvalue weighted by Crippen LogP contribution is -2.32. The molecule has 4 heteroatoms. The van der Waals surface area contributed by atoms with Gasteiger partial charge in [-0.3, -0.25) is 0 Å². The summed E-state index contributed by atoms with van der Waals surface area (Å²) in [4.78, 5) is 0. The van der Waals surface area contributed by atoms with Crippen LogP contribution in [0.15, 0.2) is 30.4 Å². The Morgan fingerprint density at radius 1 is 0.919 bits per heavy atom. The van der Waals surface area contributed by atoms with Gasteiger partial charge in [0.15, 0.2) is 11.6 Å². The third-order valence-corrected chi connectivity index (χ3v) is 9.29. The van der Waals surface area contributed by atoms with Gasteiger partial charge < -0.3 is 9.47 Å². The van der Waals surface area contributed by atoms with E-state index >= 15 is 0 Å². The van der Waals surface area contributed by atoms with Gasteiger partial charge in [0.05, 0.1) is 19.3 Å². The van der Waals surface area contributed by atoms with Gasteiger partial charge in [-0.15, -0.1) is 0 Å². The first-order chi connectivity index (χ1) is 18.1. The van der Waals surface area contributed by atoms with Gasteiger partial charge in [-0.05, 0) is 126 Å². The smallest absolute Gasteiger partial charge is 0.201 e. The van der Waals surface area contributed by atoms with Crippen LogP contribution in [0, 0.1) is 35.3 Å². The van der Waals surface area contributed by atoms with Gasteiger partial charge in [0, 0.05) is 5.56 Å². The maximum absolute atomic E-state index is 14.6. The Hall–Kier alpha value is -1.68. The number of hydrogen-bond acceptors (Lipinski definition) is 2. The van der Waals surface area contributed by atoms with Gasteiger partial charge in [-0.1, -0.05) is 37.5 Å². The summed E-state index contributed by atoms with van der Waals surface area (Å²) in [7, 11) is 0. The Bertz CT molecular complexity index is 892. The van der Waals surface area contributed by atoms with Crippen LogP contribution < -0.4 is 4.74 Å². The van der Waals surface area contributed by atoms with Gasteiger partial charge in [-0.2, -0.15) is 4.39 Å². The first-order valence-corrected chi connectivity index (χ1v) is 15.1. The standard InChI is InChI=1S/C33H48F2O2/c1-3-5-6-7-8-24-9-14-26(15-10-24)28-18-20-29(37-23-28)19-13-25-11-16-27(17-12-25)30-21-22-31(36-4-2)33(35)32(30)34/h3,5,16,21-22,24-26,28-29H,4,6-15,17-20,23H2,1-2H3/b5-3-. The van der Waals surface area contributed by atoms with E-state index in [4.69, 9.17) is 9.47 Å². The minimum absolute atomic E-state index is 0.00360. The number of halogens is 2. The molecule has 1 heterocycles. The summed E-state index contributed by atoms with van der Waals surface area (Å²) in [6.45, 7) is 5.16. The van der Waals surface area contributed by atoms with E-state index in [-0.39, 0.29) is 5.75 Å². The molecule has 0 spiro atoms. The predicted octanol–water partition coefficient (Wildman–Crippen LogP) is 9.68. The fourth-order valence-electron chi connectivity index (χ4n) is 6.93. The van der Waals surface area contributed by atoms with Crippen LogP contribution in [-0.2, 0) is 4.74 Å². The van der Waals surface area contributed by atoms with E-state index in [1.807, 2.05) is 0 Å². The minimum atomic E-state index is -0.872. The highest BCUT2D eigenvalue weighted by molar-refractivity contribution is 5.67. The molecule has 1 saturated heterocycles. The highest BCUT2D eigenvalue weighted by Crippen LogP contribution is 2.40. The topological polar surface area (TPSA) is 18.5 Å². The third-order valence-electron chi connectivity index (χ3n) is 9.29. The zero-order valence-corrected chi connectivity index (χ0v) is 23.2. The fourth-order valence-corrected chi connectivity index (χ4v) is 6.93. The normalized spacial score (nSPS) is 28.9. The molecular formula is C33H48F2O2. The number of allylic oxidation sites excluding steroid dienone is 4. The molecule has 4 rings (SSSR count). The predicted molar refractivity (Wildman–Crippen MR) is 149 cm³/mol. The van der Waals surface area contributed by atoms with Gasteiger partial charge in [0.25, 0.3) is 0 Å². The zero-order valence-electron chi connectivity index (χ0n) is 23.2. The second-order valence-electron chi connectivity index (χ2n) is 11.7. The van der Waals surface area contributed by atoms with Crippen LogP contribution in [-0.4, -0.2) is 19.3 Å². The molecule has 0 N–H and O–H groups in total. The third kappa shape index (κ3) is 7.91. The summed E-state index contributed by atoms with van der Waals surface area (Å²) in [6, 6.07) is 3.22. The molecule has 3 unspecified atom stereocenters. The molecule has 206 valence electrons. The van der Waals surface area contributed by atoms with Crippen molar-refractivity contribution in [3.8, 4) is 5.75 Å². The monoisotopic (exact) mass is 514 g/mol. The number of benzene rings is 1. The molecule has 3 atom stereocenters. The molecule has 1 aromatic carbocycles. The maximum atomic E-state index is 14.6. The molecule has 2 fully saturated rings. The highest BCUT2D eigenvalue weighted by atomic mass is 19.2. The second-order valence-corrected chi connectivity index (χ2v) is 11.7. The summed E-state index contributed by atoms with van der Waals surface area (Å²) in [6.07, 6.45) is 24.3. The van der Waals surface area contributed by atoms with Crippen LogP contribution in [0.25, 0.3) is 5.57 Å². The molecular weight excluding hydrogens is 466 g/mol. The maximum Gasteiger partial charge on any atom is 0.201 e. The molecule has 0 amide bonds. The van der Waals surface area contributed by atoms with Gasteiger partial charge in [-0.25, -0.2) is 4.39 Å². The average molecular weight is 515 g/mol. The van der Waals surface area contributed by atoms with Crippen LogP contribution in [0.5, 0.6) is 5.75 Å². The zero-order chi connectivity index (χ0) is 26.0. The molecule has 0 radical (unpaired) electrons. The molecule has 0 aromatic heterocycles. The molecule has 3 aliphatic rings. The molecule has 37 heavy (non-hydrogen) atoms. The first kappa shape index (κ1) is 28.3. The molecule has 0 bridgehead atoms. The van der Waals surface area contributed by atoms with Crippen LogP contribution in [0.4, 0.5) is 8.78 Å².